The van der Waals surface area contributed by atoms with Gasteiger partial charge in [-0.05, 0) is 77.8 Å². The molecule has 0 radical (unpaired) electrons. The van der Waals surface area contributed by atoms with Crippen molar-refractivity contribution in [2.45, 2.75) is 38.8 Å². The lowest BCUT2D eigenvalue weighted by molar-refractivity contribution is -0.123. The van der Waals surface area contributed by atoms with Crippen molar-refractivity contribution in [1.82, 2.24) is 20.0 Å². The van der Waals surface area contributed by atoms with Crippen molar-refractivity contribution >= 4 is 28.0 Å². The Kier molecular flexibility index (Phi) is 10.4. The van der Waals surface area contributed by atoms with Gasteiger partial charge in [-0.15, -0.1) is 0 Å². The zero-order valence-electron chi connectivity index (χ0n) is 25.5. The van der Waals surface area contributed by atoms with Crippen LogP contribution in [-0.2, 0) is 9.53 Å². The van der Waals surface area contributed by atoms with Crippen molar-refractivity contribution in [2.24, 2.45) is 0 Å². The maximum atomic E-state index is 11.6. The minimum absolute atomic E-state index is 0.00844. The van der Waals surface area contributed by atoms with Gasteiger partial charge in [-0.1, -0.05) is 61.5 Å². The summed E-state index contributed by atoms with van der Waals surface area (Å²) >= 11 is 0. The largest absolute Gasteiger partial charge is 0.492 e. The second-order valence-electron chi connectivity index (χ2n) is 11.0. The molecule has 0 saturated carbocycles. The van der Waals surface area contributed by atoms with Crippen LogP contribution in [0.3, 0.4) is 0 Å². The van der Waals surface area contributed by atoms with Gasteiger partial charge >= 0.3 is 0 Å². The highest BCUT2D eigenvalue weighted by atomic mass is 16.5. The Bertz CT molecular complexity index is 1550. The molecular formula is C36H42N4O3. The summed E-state index contributed by atoms with van der Waals surface area (Å²) in [5.74, 6) is 0.805. The molecule has 7 nitrogen and oxygen atoms in total. The fourth-order valence-corrected chi connectivity index (χ4v) is 5.49. The second-order valence-corrected chi connectivity index (χ2v) is 11.0. The molecule has 0 spiro atoms. The van der Waals surface area contributed by atoms with Crippen LogP contribution in [0.25, 0.3) is 22.0 Å². The molecule has 3 aromatic carbocycles. The number of benzene rings is 3. The van der Waals surface area contributed by atoms with Crippen LogP contribution in [0.2, 0.25) is 0 Å². The minimum atomic E-state index is -0.0194. The van der Waals surface area contributed by atoms with Crippen LogP contribution in [0.4, 0.5) is 0 Å². The van der Waals surface area contributed by atoms with Gasteiger partial charge in [-0.25, -0.2) is 4.68 Å². The van der Waals surface area contributed by atoms with Gasteiger partial charge in [0, 0.05) is 45.3 Å². The van der Waals surface area contributed by atoms with Gasteiger partial charge in [0.25, 0.3) is 0 Å². The van der Waals surface area contributed by atoms with Gasteiger partial charge < -0.3 is 19.7 Å². The number of allylic oxidation sites excluding steroid dienone is 1. The van der Waals surface area contributed by atoms with Crippen molar-refractivity contribution in [1.29, 1.82) is 0 Å². The first-order valence-corrected chi connectivity index (χ1v) is 15.2. The van der Waals surface area contributed by atoms with Gasteiger partial charge in [0.15, 0.2) is 6.23 Å². The van der Waals surface area contributed by atoms with E-state index < -0.39 is 0 Å². The van der Waals surface area contributed by atoms with Crippen LogP contribution in [0.15, 0.2) is 91.1 Å². The summed E-state index contributed by atoms with van der Waals surface area (Å²) in [6.45, 7) is 4.84. The van der Waals surface area contributed by atoms with E-state index in [1.807, 2.05) is 29.1 Å². The molecule has 1 N–H and O–H groups in total. The number of rotatable bonds is 12. The smallest absolute Gasteiger partial charge is 0.245 e. The van der Waals surface area contributed by atoms with E-state index in [-0.39, 0.29) is 12.1 Å². The first-order chi connectivity index (χ1) is 21.0. The van der Waals surface area contributed by atoms with E-state index in [9.17, 15) is 4.79 Å². The predicted octanol–water partition coefficient (Wildman–Crippen LogP) is 6.72. The summed E-state index contributed by atoms with van der Waals surface area (Å²) < 4.78 is 14.1. The van der Waals surface area contributed by atoms with Gasteiger partial charge in [0.1, 0.15) is 12.4 Å². The molecule has 7 heteroatoms. The molecule has 224 valence electrons. The molecule has 1 aliphatic heterocycles. The van der Waals surface area contributed by atoms with Crippen LogP contribution in [0.1, 0.15) is 55.5 Å². The molecule has 1 aromatic heterocycles. The number of likely N-dealkylation sites (N-methyl/N-ethyl adjacent to an activating group) is 1. The van der Waals surface area contributed by atoms with Gasteiger partial charge in [0.05, 0.1) is 11.7 Å². The number of ether oxygens (including phenoxy) is 2. The van der Waals surface area contributed by atoms with E-state index in [2.05, 4.69) is 72.9 Å². The first kappa shape index (κ1) is 30.3. The molecular weight excluding hydrogens is 536 g/mol. The molecule has 5 rings (SSSR count). The topological polar surface area (TPSA) is 68.6 Å². The molecule has 1 aliphatic rings. The molecule has 1 amide bonds. The third-order valence-electron chi connectivity index (χ3n) is 7.74. The van der Waals surface area contributed by atoms with Crippen LogP contribution in [-0.4, -0.2) is 61.0 Å². The predicted molar refractivity (Wildman–Crippen MR) is 174 cm³/mol. The van der Waals surface area contributed by atoms with E-state index in [4.69, 9.17) is 14.6 Å². The van der Waals surface area contributed by atoms with E-state index in [1.54, 1.807) is 25.1 Å². The Morgan fingerprint density at radius 1 is 1.05 bits per heavy atom. The standard InChI is InChI=1S/C36H42N4O3/c1-4-32(27-11-6-5-7-12-27)36(29-17-20-33-30(25-29)26-38-40(33)35-14-8-9-23-43-35)28-15-18-31(19-16-28)42-24-22-37-21-10-13-34(41)39(2)3/h5-7,10-13,15-20,25-26,35,37H,4,8-9,14,21-24H2,1-3H3. The Morgan fingerprint density at radius 3 is 2.56 bits per heavy atom. The summed E-state index contributed by atoms with van der Waals surface area (Å²) in [6, 6.07) is 25.7. The fourth-order valence-electron chi connectivity index (χ4n) is 5.49. The van der Waals surface area contributed by atoms with Crippen molar-refractivity contribution < 1.29 is 14.3 Å². The van der Waals surface area contributed by atoms with Crippen LogP contribution >= 0.6 is 0 Å². The summed E-state index contributed by atoms with van der Waals surface area (Å²) in [4.78, 5) is 13.2. The zero-order chi connectivity index (χ0) is 30.0. The van der Waals surface area contributed by atoms with Crippen molar-refractivity contribution in [2.75, 3.05) is 40.4 Å². The molecule has 43 heavy (non-hydrogen) atoms. The highest BCUT2D eigenvalue weighted by Gasteiger charge is 2.20. The molecule has 1 saturated heterocycles. The molecule has 1 fully saturated rings. The highest BCUT2D eigenvalue weighted by molar-refractivity contribution is 6.00. The van der Waals surface area contributed by atoms with Crippen molar-refractivity contribution in [3.05, 3.63) is 108 Å². The number of carbonyl (C=O) groups excluding carboxylic acids is 1. The maximum Gasteiger partial charge on any atom is 0.245 e. The summed E-state index contributed by atoms with van der Waals surface area (Å²) in [5, 5.41) is 9.11. The van der Waals surface area contributed by atoms with E-state index >= 15 is 0 Å². The average molecular weight is 579 g/mol. The van der Waals surface area contributed by atoms with E-state index in [0.717, 1.165) is 53.6 Å². The van der Waals surface area contributed by atoms with Crippen molar-refractivity contribution in [3.63, 3.8) is 0 Å². The van der Waals surface area contributed by atoms with Gasteiger partial charge in [-0.2, -0.15) is 5.10 Å². The Morgan fingerprint density at radius 2 is 1.84 bits per heavy atom. The number of nitrogens with zero attached hydrogens (tertiary/aromatic N) is 3. The number of hydrogen-bond donors (Lipinski definition) is 1. The maximum absolute atomic E-state index is 11.6. The van der Waals surface area contributed by atoms with Crippen LogP contribution in [0, 0.1) is 0 Å². The van der Waals surface area contributed by atoms with Gasteiger partial charge in [0.2, 0.25) is 5.91 Å². The van der Waals surface area contributed by atoms with E-state index in [1.165, 1.54) is 23.1 Å². The van der Waals surface area contributed by atoms with E-state index in [0.29, 0.717) is 19.7 Å². The molecule has 1 unspecified atom stereocenters. The number of nitrogens with one attached hydrogen (secondary N) is 1. The lowest BCUT2D eigenvalue weighted by Crippen LogP contribution is -2.22. The average Bonchev–Trinajstić information content (AvgIpc) is 3.47. The number of hydrogen-bond acceptors (Lipinski definition) is 5. The van der Waals surface area contributed by atoms with Crippen molar-refractivity contribution in [3.8, 4) is 5.75 Å². The first-order valence-electron chi connectivity index (χ1n) is 15.2. The molecule has 1 atom stereocenters. The normalized spacial score (nSPS) is 15.9. The Labute approximate surface area is 254 Å². The second kappa shape index (κ2) is 14.8. The SMILES string of the molecule is CCC(=C(c1ccc(OCCNCC=CC(=O)N(C)C)cc1)c1ccc2c(cnn2C2CCCCO2)c1)c1ccccc1. The summed E-state index contributed by atoms with van der Waals surface area (Å²) in [7, 11) is 3.48. The third kappa shape index (κ3) is 7.61. The summed E-state index contributed by atoms with van der Waals surface area (Å²) in [6.07, 6.45) is 9.55. The fraction of sp³-hybridized carbons (Fsp3) is 0.333. The number of fused-ring (bicyclic) bond motifs is 1. The molecule has 4 aromatic rings. The lowest BCUT2D eigenvalue weighted by Gasteiger charge is -2.23. The Balaban J connectivity index is 1.36. The number of amides is 1. The Hall–Kier alpha value is -4.20. The van der Waals surface area contributed by atoms with Gasteiger partial charge in [-0.3, -0.25) is 4.79 Å². The lowest BCUT2D eigenvalue weighted by atomic mass is 9.88. The van der Waals surface area contributed by atoms with Crippen LogP contribution in [0.5, 0.6) is 5.75 Å². The summed E-state index contributed by atoms with van der Waals surface area (Å²) in [5.41, 5.74) is 7.13. The quantitative estimate of drug-likeness (QED) is 0.115. The molecule has 0 aliphatic carbocycles. The molecule has 0 bridgehead atoms. The highest BCUT2D eigenvalue weighted by Crippen LogP contribution is 2.37. The number of carbonyl (C=O) groups is 1. The third-order valence-corrected chi connectivity index (χ3v) is 7.74. The minimum Gasteiger partial charge on any atom is -0.492 e. The zero-order valence-corrected chi connectivity index (χ0v) is 25.5. The molecule has 2 heterocycles. The number of aromatic nitrogens is 2. The van der Waals surface area contributed by atoms with Crippen LogP contribution < -0.4 is 10.1 Å². The monoisotopic (exact) mass is 578 g/mol.